The average molecular weight is 526 g/mol. The minimum absolute atomic E-state index is 0.270. The van der Waals surface area contributed by atoms with Crippen molar-refractivity contribution in [2.45, 2.75) is 33.2 Å². The first-order valence-electron chi connectivity index (χ1n) is 13.3. The van der Waals surface area contributed by atoms with Crippen molar-refractivity contribution in [2.24, 2.45) is 13.0 Å². The van der Waals surface area contributed by atoms with Crippen LogP contribution in [-0.4, -0.2) is 50.8 Å². The van der Waals surface area contributed by atoms with Gasteiger partial charge in [0.15, 0.2) is 0 Å². The molecular formula is C30H35N7O2. The van der Waals surface area contributed by atoms with Crippen LogP contribution in [0.15, 0.2) is 84.8 Å². The van der Waals surface area contributed by atoms with E-state index in [4.69, 9.17) is 14.7 Å². The number of nitrogens with zero attached hydrogens (tertiary/aromatic N) is 7. The molecule has 0 radical (unpaired) electrons. The van der Waals surface area contributed by atoms with Gasteiger partial charge >= 0.3 is 5.97 Å². The number of aromatic nitrogens is 4. The van der Waals surface area contributed by atoms with E-state index in [0.717, 1.165) is 40.9 Å². The first kappa shape index (κ1) is 26.2. The first-order valence-corrected chi connectivity index (χ1v) is 13.3. The number of rotatable bonds is 8. The van der Waals surface area contributed by atoms with Crippen LogP contribution in [0.5, 0.6) is 0 Å². The average Bonchev–Trinajstić information content (AvgIpc) is 3.36. The molecule has 2 aliphatic rings. The minimum atomic E-state index is -0.459. The van der Waals surface area contributed by atoms with Gasteiger partial charge in [0.05, 0.1) is 30.8 Å². The predicted octanol–water partition coefficient (Wildman–Crippen LogP) is 4.91. The number of allylic oxidation sites excluding steroid dienone is 2. The summed E-state index contributed by atoms with van der Waals surface area (Å²) in [6, 6.07) is 8.04. The SMILES string of the molecule is C=CN1C(=CC(C)C(=O)OCC)N(c2nc(N(C)Cc3cnn(C)c3)c3ccccc3n2)CC2=C1CCC=C2. The van der Waals surface area contributed by atoms with E-state index in [9.17, 15) is 4.79 Å². The second-order valence-corrected chi connectivity index (χ2v) is 9.86. The molecule has 0 amide bonds. The number of anilines is 2. The molecule has 3 aromatic rings. The molecule has 2 aromatic heterocycles. The van der Waals surface area contributed by atoms with Crippen LogP contribution in [0.3, 0.4) is 0 Å². The van der Waals surface area contributed by atoms with Crippen LogP contribution in [0.1, 0.15) is 32.3 Å². The Morgan fingerprint density at radius 3 is 2.85 bits per heavy atom. The Morgan fingerprint density at radius 2 is 2.10 bits per heavy atom. The molecule has 0 N–H and O–H groups in total. The topological polar surface area (TPSA) is 79.6 Å². The van der Waals surface area contributed by atoms with Gasteiger partial charge in [-0.3, -0.25) is 14.4 Å². The molecule has 5 rings (SSSR count). The van der Waals surface area contributed by atoms with Gasteiger partial charge in [0.2, 0.25) is 5.95 Å². The zero-order valence-electron chi connectivity index (χ0n) is 23.0. The van der Waals surface area contributed by atoms with E-state index in [1.807, 2.05) is 70.7 Å². The van der Waals surface area contributed by atoms with E-state index in [1.54, 1.807) is 10.9 Å². The number of carbonyl (C=O) groups is 1. The van der Waals surface area contributed by atoms with Crippen molar-refractivity contribution in [3.63, 3.8) is 0 Å². The van der Waals surface area contributed by atoms with Gasteiger partial charge in [-0.05, 0) is 50.5 Å². The molecule has 0 bridgehead atoms. The number of ether oxygens (including phenoxy) is 1. The number of carbonyl (C=O) groups excluding carboxylic acids is 1. The molecule has 202 valence electrons. The zero-order valence-corrected chi connectivity index (χ0v) is 23.0. The summed E-state index contributed by atoms with van der Waals surface area (Å²) in [7, 11) is 3.94. The third kappa shape index (κ3) is 5.30. The Balaban J connectivity index is 1.63. The quantitative estimate of drug-likeness (QED) is 0.384. The second kappa shape index (κ2) is 11.1. The highest BCUT2D eigenvalue weighted by Crippen LogP contribution is 2.37. The van der Waals surface area contributed by atoms with Gasteiger partial charge in [0, 0.05) is 49.7 Å². The third-order valence-corrected chi connectivity index (χ3v) is 6.97. The van der Waals surface area contributed by atoms with Gasteiger partial charge in [-0.1, -0.05) is 30.9 Å². The van der Waals surface area contributed by atoms with Crippen LogP contribution in [0.2, 0.25) is 0 Å². The number of para-hydroxylation sites is 1. The Labute approximate surface area is 229 Å². The van der Waals surface area contributed by atoms with Gasteiger partial charge in [-0.15, -0.1) is 0 Å². The number of esters is 1. The third-order valence-electron chi connectivity index (χ3n) is 6.97. The van der Waals surface area contributed by atoms with Gasteiger partial charge in [-0.2, -0.15) is 10.1 Å². The molecule has 39 heavy (non-hydrogen) atoms. The molecular weight excluding hydrogens is 490 g/mol. The van der Waals surface area contributed by atoms with Crippen molar-refractivity contribution in [1.29, 1.82) is 0 Å². The monoisotopic (exact) mass is 525 g/mol. The fraction of sp³-hybridized carbons (Fsp3) is 0.333. The largest absolute Gasteiger partial charge is 0.466 e. The maximum absolute atomic E-state index is 12.6. The van der Waals surface area contributed by atoms with E-state index in [0.29, 0.717) is 25.6 Å². The fourth-order valence-corrected chi connectivity index (χ4v) is 5.12. The molecule has 0 saturated carbocycles. The number of hydrogen-bond acceptors (Lipinski definition) is 8. The van der Waals surface area contributed by atoms with Crippen molar-refractivity contribution >= 4 is 28.6 Å². The number of aryl methyl sites for hydroxylation is 1. The zero-order chi connectivity index (χ0) is 27.5. The van der Waals surface area contributed by atoms with E-state index in [1.165, 1.54) is 11.3 Å². The van der Waals surface area contributed by atoms with Crippen LogP contribution in [0.25, 0.3) is 10.9 Å². The lowest BCUT2D eigenvalue weighted by atomic mass is 9.98. The summed E-state index contributed by atoms with van der Waals surface area (Å²) in [5.74, 6) is 1.45. The number of fused-ring (bicyclic) bond motifs is 1. The highest BCUT2D eigenvalue weighted by atomic mass is 16.5. The van der Waals surface area contributed by atoms with Crippen LogP contribution in [0, 0.1) is 5.92 Å². The van der Waals surface area contributed by atoms with E-state index in [2.05, 4.69) is 38.5 Å². The molecule has 1 aromatic carbocycles. The highest BCUT2D eigenvalue weighted by Gasteiger charge is 2.32. The molecule has 9 nitrogen and oxygen atoms in total. The van der Waals surface area contributed by atoms with Crippen molar-refractivity contribution in [3.8, 4) is 0 Å². The molecule has 0 spiro atoms. The summed E-state index contributed by atoms with van der Waals surface area (Å²) < 4.78 is 7.11. The first-order chi connectivity index (χ1) is 18.9. The van der Waals surface area contributed by atoms with E-state index >= 15 is 0 Å². The highest BCUT2D eigenvalue weighted by molar-refractivity contribution is 5.90. The smallest absolute Gasteiger partial charge is 0.312 e. The number of hydrogen-bond donors (Lipinski definition) is 0. The van der Waals surface area contributed by atoms with Crippen LogP contribution in [0.4, 0.5) is 11.8 Å². The van der Waals surface area contributed by atoms with Crippen molar-refractivity contribution < 1.29 is 9.53 Å². The van der Waals surface area contributed by atoms with E-state index < -0.39 is 5.92 Å². The predicted molar refractivity (Wildman–Crippen MR) is 154 cm³/mol. The summed E-state index contributed by atoms with van der Waals surface area (Å²) in [6.45, 7) is 9.35. The second-order valence-electron chi connectivity index (χ2n) is 9.86. The fourth-order valence-electron chi connectivity index (χ4n) is 5.12. The van der Waals surface area contributed by atoms with Crippen LogP contribution in [-0.2, 0) is 23.1 Å². The molecule has 0 fully saturated rings. The van der Waals surface area contributed by atoms with Crippen LogP contribution >= 0.6 is 0 Å². The molecule has 1 unspecified atom stereocenters. The Kier molecular flexibility index (Phi) is 7.49. The van der Waals surface area contributed by atoms with Gasteiger partial charge in [0.1, 0.15) is 11.6 Å². The Bertz CT molecular complexity index is 1490. The molecule has 1 aliphatic carbocycles. The summed E-state index contributed by atoms with van der Waals surface area (Å²) in [4.78, 5) is 29.0. The Morgan fingerprint density at radius 1 is 1.28 bits per heavy atom. The molecule has 9 heteroatoms. The summed E-state index contributed by atoms with van der Waals surface area (Å²) >= 11 is 0. The van der Waals surface area contributed by atoms with E-state index in [-0.39, 0.29) is 5.97 Å². The summed E-state index contributed by atoms with van der Waals surface area (Å²) in [5, 5.41) is 5.28. The molecule has 3 heterocycles. The summed E-state index contributed by atoms with van der Waals surface area (Å²) in [6.07, 6.45) is 13.8. The minimum Gasteiger partial charge on any atom is -0.466 e. The molecule has 0 saturated heterocycles. The van der Waals surface area contributed by atoms with Gasteiger partial charge in [0.25, 0.3) is 0 Å². The normalized spacial score (nSPS) is 17.0. The van der Waals surface area contributed by atoms with Crippen LogP contribution < -0.4 is 9.80 Å². The Hall–Kier alpha value is -4.40. The van der Waals surface area contributed by atoms with Crippen molar-refractivity contribution in [2.75, 3.05) is 30.0 Å². The lowest BCUT2D eigenvalue weighted by Gasteiger charge is -2.41. The lowest BCUT2D eigenvalue weighted by Crippen LogP contribution is -2.41. The molecule has 1 atom stereocenters. The lowest BCUT2D eigenvalue weighted by molar-refractivity contribution is -0.145. The van der Waals surface area contributed by atoms with Gasteiger partial charge in [-0.25, -0.2) is 4.98 Å². The van der Waals surface area contributed by atoms with Crippen molar-refractivity contribution in [1.82, 2.24) is 24.6 Å². The number of benzene rings is 1. The maximum atomic E-state index is 12.6. The van der Waals surface area contributed by atoms with Crippen molar-refractivity contribution in [3.05, 3.63) is 90.3 Å². The standard InChI is InChI=1S/C30H35N7O2/c1-6-36-26-15-11-8-12-23(26)20-37(27(36)16-21(3)29(38)39-7-2)30-32-25-14-10-9-13-24(25)28(33-30)34(4)18-22-17-31-35(5)19-22/h6,8-10,12-14,16-17,19,21H,1,7,11,15,18,20H2,2-5H3. The maximum Gasteiger partial charge on any atom is 0.312 e. The molecule has 1 aliphatic heterocycles. The van der Waals surface area contributed by atoms with Gasteiger partial charge < -0.3 is 14.5 Å². The summed E-state index contributed by atoms with van der Waals surface area (Å²) in [5.41, 5.74) is 4.30.